The van der Waals surface area contributed by atoms with E-state index in [-0.39, 0.29) is 12.2 Å². The molecule has 1 aromatic carbocycles. The van der Waals surface area contributed by atoms with E-state index in [1.165, 1.54) is 24.8 Å². The highest BCUT2D eigenvalue weighted by atomic mass is 16.2. The van der Waals surface area contributed by atoms with Gasteiger partial charge in [0.2, 0.25) is 5.91 Å². The smallest absolute Gasteiger partial charge is 0.241 e. The minimum absolute atomic E-state index is 0.0559. The second-order valence-corrected chi connectivity index (χ2v) is 6.76. The minimum atomic E-state index is -0.0559. The van der Waals surface area contributed by atoms with Crippen molar-refractivity contribution in [2.45, 2.75) is 64.2 Å². The first-order valence-corrected chi connectivity index (χ1v) is 8.27. The molecule has 4 unspecified atom stereocenters. The average Bonchev–Trinajstić information content (AvgIpc) is 2.74. The van der Waals surface area contributed by atoms with Crippen molar-refractivity contribution in [3.05, 3.63) is 35.9 Å². The topological polar surface area (TPSA) is 32.3 Å². The van der Waals surface area contributed by atoms with Crippen LogP contribution in [-0.4, -0.2) is 29.1 Å². The molecular formula is C18H26N2O. The summed E-state index contributed by atoms with van der Waals surface area (Å²) in [6.07, 6.45) is 5.86. The van der Waals surface area contributed by atoms with Crippen molar-refractivity contribution in [2.24, 2.45) is 5.92 Å². The van der Waals surface area contributed by atoms with Gasteiger partial charge < -0.3 is 4.90 Å². The molecule has 1 N–H and O–H groups in total. The monoisotopic (exact) mass is 286 g/mol. The van der Waals surface area contributed by atoms with Gasteiger partial charge in [0, 0.05) is 6.04 Å². The third-order valence-corrected chi connectivity index (χ3v) is 5.00. The Morgan fingerprint density at radius 1 is 1.19 bits per heavy atom. The van der Waals surface area contributed by atoms with E-state index in [9.17, 15) is 4.79 Å². The highest BCUT2D eigenvalue weighted by Gasteiger charge is 2.41. The molecule has 1 aliphatic heterocycles. The summed E-state index contributed by atoms with van der Waals surface area (Å²) >= 11 is 0. The standard InChI is InChI=1S/C18H26N2O/c1-13-7-6-10-16(11-13)20-14(2)19-17(18(20)21)12-15-8-4-3-5-9-15/h3-5,8-9,13-14,16-17,19H,6-7,10-12H2,1-2H3. The molecule has 4 atom stereocenters. The molecule has 1 aliphatic carbocycles. The van der Waals surface area contributed by atoms with Gasteiger partial charge in [0.15, 0.2) is 0 Å². The summed E-state index contributed by atoms with van der Waals surface area (Å²) in [5, 5.41) is 3.49. The molecule has 114 valence electrons. The Balaban J connectivity index is 1.68. The van der Waals surface area contributed by atoms with Crippen molar-refractivity contribution in [3.63, 3.8) is 0 Å². The quantitative estimate of drug-likeness (QED) is 0.926. The Hall–Kier alpha value is -1.35. The summed E-state index contributed by atoms with van der Waals surface area (Å²) in [5.74, 6) is 1.04. The molecule has 0 aromatic heterocycles. The van der Waals surface area contributed by atoms with E-state index in [0.717, 1.165) is 18.8 Å². The molecule has 1 saturated heterocycles. The van der Waals surface area contributed by atoms with Gasteiger partial charge >= 0.3 is 0 Å². The predicted octanol–water partition coefficient (Wildman–Crippen LogP) is 2.95. The lowest BCUT2D eigenvalue weighted by Crippen LogP contribution is -2.45. The summed E-state index contributed by atoms with van der Waals surface area (Å²) in [6.45, 7) is 4.44. The van der Waals surface area contributed by atoms with Crippen LogP contribution in [0.4, 0.5) is 0 Å². The summed E-state index contributed by atoms with van der Waals surface area (Å²) in [4.78, 5) is 14.9. The molecule has 2 aliphatic rings. The number of nitrogens with one attached hydrogen (secondary N) is 1. The highest BCUT2D eigenvalue weighted by molar-refractivity contribution is 5.85. The number of hydrogen-bond donors (Lipinski definition) is 1. The lowest BCUT2D eigenvalue weighted by Gasteiger charge is -2.36. The van der Waals surface area contributed by atoms with Gasteiger partial charge in [0.25, 0.3) is 0 Å². The Morgan fingerprint density at radius 2 is 1.95 bits per heavy atom. The number of hydrogen-bond acceptors (Lipinski definition) is 2. The molecule has 1 heterocycles. The van der Waals surface area contributed by atoms with Crippen LogP contribution in [-0.2, 0) is 11.2 Å². The molecule has 1 amide bonds. The summed E-state index contributed by atoms with van der Waals surface area (Å²) in [6, 6.07) is 10.7. The first-order chi connectivity index (χ1) is 10.1. The number of amides is 1. The van der Waals surface area contributed by atoms with Crippen LogP contribution in [0, 0.1) is 5.92 Å². The number of carbonyl (C=O) groups is 1. The first kappa shape index (κ1) is 14.6. The Labute approximate surface area is 127 Å². The van der Waals surface area contributed by atoms with Crippen molar-refractivity contribution in [2.75, 3.05) is 0 Å². The van der Waals surface area contributed by atoms with E-state index in [4.69, 9.17) is 0 Å². The van der Waals surface area contributed by atoms with Gasteiger partial charge in [-0.2, -0.15) is 0 Å². The molecule has 0 bridgehead atoms. The zero-order valence-electron chi connectivity index (χ0n) is 13.1. The molecular weight excluding hydrogens is 260 g/mol. The SMILES string of the molecule is CC1CCCC(N2C(=O)C(Cc3ccccc3)NC2C)C1. The van der Waals surface area contributed by atoms with Crippen molar-refractivity contribution in [1.29, 1.82) is 0 Å². The maximum absolute atomic E-state index is 12.8. The van der Waals surface area contributed by atoms with Gasteiger partial charge in [-0.25, -0.2) is 0 Å². The van der Waals surface area contributed by atoms with Gasteiger partial charge in [0.1, 0.15) is 0 Å². The summed E-state index contributed by atoms with van der Waals surface area (Å²) in [7, 11) is 0. The summed E-state index contributed by atoms with van der Waals surface area (Å²) in [5.41, 5.74) is 1.23. The first-order valence-electron chi connectivity index (χ1n) is 8.27. The van der Waals surface area contributed by atoms with E-state index in [0.29, 0.717) is 11.9 Å². The number of nitrogens with zero attached hydrogens (tertiary/aromatic N) is 1. The van der Waals surface area contributed by atoms with Crippen LogP contribution < -0.4 is 5.32 Å². The highest BCUT2D eigenvalue weighted by Crippen LogP contribution is 2.30. The predicted molar refractivity (Wildman–Crippen MR) is 84.8 cm³/mol. The van der Waals surface area contributed by atoms with E-state index < -0.39 is 0 Å². The van der Waals surface area contributed by atoms with Gasteiger partial charge in [-0.3, -0.25) is 10.1 Å². The molecule has 1 aromatic rings. The molecule has 3 heteroatoms. The molecule has 3 nitrogen and oxygen atoms in total. The zero-order valence-corrected chi connectivity index (χ0v) is 13.1. The molecule has 2 fully saturated rings. The maximum Gasteiger partial charge on any atom is 0.241 e. The van der Waals surface area contributed by atoms with Crippen LogP contribution in [0.5, 0.6) is 0 Å². The normalized spacial score (nSPS) is 33.4. The molecule has 1 saturated carbocycles. The maximum atomic E-state index is 12.8. The third-order valence-electron chi connectivity index (χ3n) is 5.00. The van der Waals surface area contributed by atoms with Crippen molar-refractivity contribution < 1.29 is 4.79 Å². The van der Waals surface area contributed by atoms with Gasteiger partial charge in [-0.15, -0.1) is 0 Å². The van der Waals surface area contributed by atoms with E-state index >= 15 is 0 Å². The van der Waals surface area contributed by atoms with E-state index in [2.05, 4.69) is 36.2 Å². The van der Waals surface area contributed by atoms with Gasteiger partial charge in [-0.05, 0) is 37.7 Å². The zero-order chi connectivity index (χ0) is 14.8. The van der Waals surface area contributed by atoms with Crippen LogP contribution >= 0.6 is 0 Å². The Bertz CT molecular complexity index is 487. The number of benzene rings is 1. The fraction of sp³-hybridized carbons (Fsp3) is 0.611. The van der Waals surface area contributed by atoms with Crippen LogP contribution in [0.2, 0.25) is 0 Å². The number of rotatable bonds is 3. The molecule has 0 spiro atoms. The van der Waals surface area contributed by atoms with Gasteiger partial charge in [0.05, 0.1) is 12.2 Å². The number of carbonyl (C=O) groups excluding carboxylic acids is 1. The van der Waals surface area contributed by atoms with E-state index in [1.54, 1.807) is 0 Å². The van der Waals surface area contributed by atoms with Crippen molar-refractivity contribution in [3.8, 4) is 0 Å². The van der Waals surface area contributed by atoms with E-state index in [1.807, 2.05) is 18.2 Å². The Morgan fingerprint density at radius 3 is 2.67 bits per heavy atom. The van der Waals surface area contributed by atoms with Crippen LogP contribution in [0.15, 0.2) is 30.3 Å². The van der Waals surface area contributed by atoms with Crippen molar-refractivity contribution in [1.82, 2.24) is 10.2 Å². The second-order valence-electron chi connectivity index (χ2n) is 6.76. The molecule has 3 rings (SSSR count). The molecule has 21 heavy (non-hydrogen) atoms. The van der Waals surface area contributed by atoms with Crippen LogP contribution in [0.1, 0.15) is 45.1 Å². The van der Waals surface area contributed by atoms with Crippen LogP contribution in [0.25, 0.3) is 0 Å². The van der Waals surface area contributed by atoms with Crippen molar-refractivity contribution >= 4 is 5.91 Å². The largest absolute Gasteiger partial charge is 0.323 e. The third kappa shape index (κ3) is 3.13. The lowest BCUT2D eigenvalue weighted by molar-refractivity contribution is -0.133. The summed E-state index contributed by atoms with van der Waals surface area (Å²) < 4.78 is 0. The minimum Gasteiger partial charge on any atom is -0.323 e. The van der Waals surface area contributed by atoms with Gasteiger partial charge in [-0.1, -0.05) is 50.1 Å². The fourth-order valence-corrected chi connectivity index (χ4v) is 3.96. The lowest BCUT2D eigenvalue weighted by atomic mass is 9.86. The fourth-order valence-electron chi connectivity index (χ4n) is 3.96. The Kier molecular flexibility index (Phi) is 4.29. The second kappa shape index (κ2) is 6.18. The average molecular weight is 286 g/mol. The molecule has 0 radical (unpaired) electrons. The van der Waals surface area contributed by atoms with Crippen LogP contribution in [0.3, 0.4) is 0 Å².